The first-order valence-electron chi connectivity index (χ1n) is 5.91. The maximum Gasteiger partial charge on any atom is 0.269 e. The van der Waals surface area contributed by atoms with E-state index in [0.717, 1.165) is 17.7 Å². The molecule has 0 spiro atoms. The molecule has 0 unspecified atom stereocenters. The smallest absolute Gasteiger partial charge is 0.269 e. The molecule has 1 heterocycles. The lowest BCUT2D eigenvalue weighted by Crippen LogP contribution is -2.26. The SMILES string of the molecule is COc1cccc(CCNC(=O)c2cc(N)n[nH]2)c1. The van der Waals surface area contributed by atoms with Crippen LogP contribution in [0.1, 0.15) is 16.1 Å². The van der Waals surface area contributed by atoms with Crippen molar-refractivity contribution in [2.75, 3.05) is 19.4 Å². The van der Waals surface area contributed by atoms with Crippen molar-refractivity contribution in [2.24, 2.45) is 0 Å². The second kappa shape index (κ2) is 5.90. The number of methoxy groups -OCH3 is 1. The van der Waals surface area contributed by atoms with Crippen LogP contribution in [0.25, 0.3) is 0 Å². The number of nitrogens with one attached hydrogen (secondary N) is 2. The standard InChI is InChI=1S/C13H16N4O2/c1-19-10-4-2-3-9(7-10)5-6-15-13(18)11-8-12(14)17-16-11/h2-4,7-8H,5-6H2,1H3,(H,15,18)(H3,14,16,17). The average Bonchev–Trinajstić information content (AvgIpc) is 2.86. The van der Waals surface area contributed by atoms with E-state index in [-0.39, 0.29) is 5.91 Å². The summed E-state index contributed by atoms with van der Waals surface area (Å²) in [6.45, 7) is 0.533. The van der Waals surface area contributed by atoms with Gasteiger partial charge in [-0.2, -0.15) is 5.10 Å². The lowest BCUT2D eigenvalue weighted by Gasteiger charge is -2.05. The molecule has 0 atom stereocenters. The van der Waals surface area contributed by atoms with Crippen molar-refractivity contribution in [3.63, 3.8) is 0 Å². The zero-order valence-corrected chi connectivity index (χ0v) is 10.6. The fourth-order valence-corrected chi connectivity index (χ4v) is 1.70. The monoisotopic (exact) mass is 260 g/mol. The van der Waals surface area contributed by atoms with E-state index in [2.05, 4.69) is 15.5 Å². The van der Waals surface area contributed by atoms with Gasteiger partial charge in [0.1, 0.15) is 17.3 Å². The number of nitrogens with two attached hydrogens (primary N) is 1. The van der Waals surface area contributed by atoms with Crippen LogP contribution in [0, 0.1) is 0 Å². The summed E-state index contributed by atoms with van der Waals surface area (Å²) in [4.78, 5) is 11.7. The van der Waals surface area contributed by atoms with Crippen LogP contribution in [-0.4, -0.2) is 29.8 Å². The van der Waals surface area contributed by atoms with Crippen LogP contribution in [0.4, 0.5) is 5.82 Å². The first kappa shape index (κ1) is 12.9. The van der Waals surface area contributed by atoms with Crippen LogP contribution < -0.4 is 15.8 Å². The Morgan fingerprint density at radius 1 is 1.47 bits per heavy atom. The zero-order valence-electron chi connectivity index (χ0n) is 10.6. The van der Waals surface area contributed by atoms with Crippen molar-refractivity contribution in [3.05, 3.63) is 41.6 Å². The van der Waals surface area contributed by atoms with Gasteiger partial charge >= 0.3 is 0 Å². The highest BCUT2D eigenvalue weighted by Crippen LogP contribution is 2.12. The normalized spacial score (nSPS) is 10.2. The maximum atomic E-state index is 11.7. The molecule has 1 amide bonds. The predicted octanol–water partition coefficient (Wildman–Crippen LogP) is 0.973. The average molecular weight is 260 g/mol. The van der Waals surface area contributed by atoms with Crippen molar-refractivity contribution >= 4 is 11.7 Å². The van der Waals surface area contributed by atoms with E-state index in [0.29, 0.717) is 18.1 Å². The van der Waals surface area contributed by atoms with Gasteiger partial charge in [0.2, 0.25) is 0 Å². The Balaban J connectivity index is 1.84. The van der Waals surface area contributed by atoms with Gasteiger partial charge in [0.05, 0.1) is 7.11 Å². The maximum absolute atomic E-state index is 11.7. The highest BCUT2D eigenvalue weighted by molar-refractivity contribution is 5.92. The number of ether oxygens (including phenoxy) is 1. The third kappa shape index (κ3) is 3.48. The minimum absolute atomic E-state index is 0.216. The van der Waals surface area contributed by atoms with Crippen molar-refractivity contribution in [2.45, 2.75) is 6.42 Å². The second-order valence-corrected chi connectivity index (χ2v) is 4.06. The van der Waals surface area contributed by atoms with Crippen LogP contribution >= 0.6 is 0 Å². The van der Waals surface area contributed by atoms with E-state index in [4.69, 9.17) is 10.5 Å². The van der Waals surface area contributed by atoms with Crippen LogP contribution in [0.5, 0.6) is 5.75 Å². The van der Waals surface area contributed by atoms with Crippen molar-refractivity contribution < 1.29 is 9.53 Å². The molecule has 0 radical (unpaired) electrons. The Kier molecular flexibility index (Phi) is 4.02. The van der Waals surface area contributed by atoms with Crippen molar-refractivity contribution in [1.82, 2.24) is 15.5 Å². The summed E-state index contributed by atoms with van der Waals surface area (Å²) in [7, 11) is 1.63. The Morgan fingerprint density at radius 2 is 2.32 bits per heavy atom. The molecule has 0 aliphatic rings. The van der Waals surface area contributed by atoms with Crippen molar-refractivity contribution in [1.29, 1.82) is 0 Å². The molecule has 2 aromatic rings. The number of amides is 1. The topological polar surface area (TPSA) is 93.0 Å². The number of rotatable bonds is 5. The van der Waals surface area contributed by atoms with E-state index in [1.54, 1.807) is 7.11 Å². The molecule has 4 N–H and O–H groups in total. The summed E-state index contributed by atoms with van der Waals surface area (Å²) >= 11 is 0. The minimum Gasteiger partial charge on any atom is -0.497 e. The quantitative estimate of drug-likeness (QED) is 0.747. The Bertz CT molecular complexity index is 565. The molecule has 1 aromatic heterocycles. The van der Waals surface area contributed by atoms with E-state index in [1.165, 1.54) is 6.07 Å². The van der Waals surface area contributed by atoms with Gasteiger partial charge in [-0.15, -0.1) is 0 Å². The summed E-state index contributed by atoms with van der Waals surface area (Å²) in [5.74, 6) is 0.898. The molecule has 2 rings (SSSR count). The number of carbonyl (C=O) groups excluding carboxylic acids is 1. The highest BCUT2D eigenvalue weighted by atomic mass is 16.5. The molecule has 19 heavy (non-hydrogen) atoms. The number of aromatic amines is 1. The highest BCUT2D eigenvalue weighted by Gasteiger charge is 2.07. The van der Waals surface area contributed by atoms with E-state index >= 15 is 0 Å². The van der Waals surface area contributed by atoms with Gasteiger partial charge in [0.25, 0.3) is 5.91 Å². The number of hydrogen-bond donors (Lipinski definition) is 3. The number of H-pyrrole nitrogens is 1. The predicted molar refractivity (Wildman–Crippen MR) is 72.0 cm³/mol. The molecule has 0 bridgehead atoms. The summed E-state index contributed by atoms with van der Waals surface area (Å²) in [5.41, 5.74) is 6.90. The van der Waals surface area contributed by atoms with E-state index < -0.39 is 0 Å². The van der Waals surface area contributed by atoms with Crippen LogP contribution in [0.2, 0.25) is 0 Å². The third-order valence-corrected chi connectivity index (χ3v) is 2.68. The number of nitrogen functional groups attached to an aromatic ring is 1. The second-order valence-electron chi connectivity index (χ2n) is 4.06. The molecule has 1 aromatic carbocycles. The number of hydrogen-bond acceptors (Lipinski definition) is 4. The Labute approximate surface area is 111 Å². The molecular weight excluding hydrogens is 244 g/mol. The molecule has 0 fully saturated rings. The van der Waals surface area contributed by atoms with Gasteiger partial charge in [0.15, 0.2) is 0 Å². The summed E-state index contributed by atoms with van der Waals surface area (Å²) < 4.78 is 5.14. The molecule has 0 saturated carbocycles. The van der Waals surface area contributed by atoms with Crippen molar-refractivity contribution in [3.8, 4) is 5.75 Å². The lowest BCUT2D eigenvalue weighted by molar-refractivity contribution is 0.0949. The first-order valence-corrected chi connectivity index (χ1v) is 5.91. The fourth-order valence-electron chi connectivity index (χ4n) is 1.70. The van der Waals surface area contributed by atoms with Gasteiger partial charge in [-0.05, 0) is 24.1 Å². The summed E-state index contributed by atoms with van der Waals surface area (Å²) in [6, 6.07) is 9.24. The Morgan fingerprint density at radius 3 is 3.00 bits per heavy atom. The van der Waals surface area contributed by atoms with E-state index in [1.807, 2.05) is 24.3 Å². The van der Waals surface area contributed by atoms with Gasteiger partial charge in [-0.25, -0.2) is 0 Å². The van der Waals surface area contributed by atoms with Gasteiger partial charge in [-0.1, -0.05) is 12.1 Å². The molecule has 0 saturated heterocycles. The minimum atomic E-state index is -0.216. The lowest BCUT2D eigenvalue weighted by atomic mass is 10.1. The summed E-state index contributed by atoms with van der Waals surface area (Å²) in [5, 5.41) is 9.06. The molecule has 100 valence electrons. The number of carbonyl (C=O) groups is 1. The van der Waals surface area contributed by atoms with Gasteiger partial charge in [0, 0.05) is 12.6 Å². The summed E-state index contributed by atoms with van der Waals surface area (Å²) in [6.07, 6.45) is 0.729. The third-order valence-electron chi connectivity index (χ3n) is 2.68. The molecule has 6 nitrogen and oxygen atoms in total. The fraction of sp³-hybridized carbons (Fsp3) is 0.231. The zero-order chi connectivity index (χ0) is 13.7. The number of benzene rings is 1. The van der Waals surface area contributed by atoms with Crippen LogP contribution in [0.3, 0.4) is 0 Å². The van der Waals surface area contributed by atoms with Gasteiger partial charge < -0.3 is 15.8 Å². The van der Waals surface area contributed by atoms with Crippen LogP contribution in [0.15, 0.2) is 30.3 Å². The van der Waals surface area contributed by atoms with E-state index in [9.17, 15) is 4.79 Å². The number of nitrogens with zero attached hydrogens (tertiary/aromatic N) is 1. The van der Waals surface area contributed by atoms with Crippen LogP contribution in [-0.2, 0) is 6.42 Å². The first-order chi connectivity index (χ1) is 9.19. The van der Waals surface area contributed by atoms with Gasteiger partial charge in [-0.3, -0.25) is 9.89 Å². The number of aromatic nitrogens is 2. The molecular formula is C13H16N4O2. The molecule has 0 aliphatic carbocycles. The largest absolute Gasteiger partial charge is 0.497 e. The molecule has 6 heteroatoms. The molecule has 0 aliphatic heterocycles. The Hall–Kier alpha value is -2.50. The number of anilines is 1.